The van der Waals surface area contributed by atoms with E-state index >= 15 is 0 Å². The van der Waals surface area contributed by atoms with Gasteiger partial charge in [0.05, 0.1) is 19.6 Å². The fraction of sp³-hybridized carbons (Fsp3) is 0.393. The fourth-order valence-electron chi connectivity index (χ4n) is 4.61. The molecule has 1 saturated carbocycles. The molecule has 37 heavy (non-hydrogen) atoms. The van der Waals surface area contributed by atoms with Crippen molar-refractivity contribution < 1.29 is 29.6 Å². The van der Waals surface area contributed by atoms with E-state index in [2.05, 4.69) is 4.90 Å². The second-order valence-corrected chi connectivity index (χ2v) is 9.97. The molecule has 0 bridgehead atoms. The summed E-state index contributed by atoms with van der Waals surface area (Å²) < 4.78 is 12.8. The zero-order valence-corrected chi connectivity index (χ0v) is 21.8. The molecule has 3 N–H and O–H groups in total. The summed E-state index contributed by atoms with van der Waals surface area (Å²) in [6, 6.07) is 15.6. The van der Waals surface area contributed by atoms with Gasteiger partial charge < -0.3 is 24.8 Å². The fourth-order valence-corrected chi connectivity index (χ4v) is 4.73. The van der Waals surface area contributed by atoms with Crippen molar-refractivity contribution >= 4 is 17.6 Å². The van der Waals surface area contributed by atoms with Gasteiger partial charge in [-0.1, -0.05) is 36.7 Å². The maximum Gasteiger partial charge on any atom is 0.308 e. The molecule has 2 unspecified atom stereocenters. The standard InChI is InChI=1S/C28H33ClN2O6/c1-18(28(34)35)27(21-6-8-22(29)9-7-21)30(16-19-3-4-19)17-20-5-10-23(24(15-20)36-2)37-14-13-31-25(32)11-12-26(31)33/h5-12,15,18-19,27,32-33H,3-4,13-14,16-17H2,1-2H3,(H,34,35). The number of ether oxygens (including phenoxy) is 2. The summed E-state index contributed by atoms with van der Waals surface area (Å²) in [5.41, 5.74) is 1.89. The molecule has 0 saturated heterocycles. The monoisotopic (exact) mass is 528 g/mol. The van der Waals surface area contributed by atoms with Crippen LogP contribution < -0.4 is 9.47 Å². The molecular formula is C28H33ClN2O6. The van der Waals surface area contributed by atoms with Gasteiger partial charge in [0.2, 0.25) is 0 Å². The van der Waals surface area contributed by atoms with Crippen LogP contribution in [0.2, 0.25) is 5.02 Å². The van der Waals surface area contributed by atoms with Gasteiger partial charge in [0.15, 0.2) is 23.3 Å². The molecule has 9 heteroatoms. The average Bonchev–Trinajstić information content (AvgIpc) is 3.64. The Morgan fingerprint density at radius 3 is 2.35 bits per heavy atom. The van der Waals surface area contributed by atoms with E-state index in [1.165, 1.54) is 16.7 Å². The van der Waals surface area contributed by atoms with E-state index in [1.54, 1.807) is 26.2 Å². The molecule has 2 aromatic carbocycles. The van der Waals surface area contributed by atoms with E-state index in [9.17, 15) is 20.1 Å². The van der Waals surface area contributed by atoms with Crippen LogP contribution in [0.4, 0.5) is 0 Å². The maximum atomic E-state index is 12.1. The lowest BCUT2D eigenvalue weighted by Crippen LogP contribution is -2.37. The minimum Gasteiger partial charge on any atom is -0.494 e. The van der Waals surface area contributed by atoms with E-state index in [4.69, 9.17) is 21.1 Å². The highest BCUT2D eigenvalue weighted by molar-refractivity contribution is 6.30. The quantitative estimate of drug-likeness (QED) is 0.276. The van der Waals surface area contributed by atoms with E-state index < -0.39 is 11.9 Å². The van der Waals surface area contributed by atoms with Gasteiger partial charge in [-0.25, -0.2) is 0 Å². The first-order chi connectivity index (χ1) is 17.8. The number of aromatic nitrogens is 1. The Labute approximate surface area is 221 Å². The summed E-state index contributed by atoms with van der Waals surface area (Å²) in [6.45, 7) is 3.58. The van der Waals surface area contributed by atoms with E-state index in [0.717, 1.165) is 30.5 Å². The van der Waals surface area contributed by atoms with Gasteiger partial charge in [0.1, 0.15) is 6.61 Å². The first-order valence-corrected chi connectivity index (χ1v) is 12.7. The molecule has 1 fully saturated rings. The highest BCUT2D eigenvalue weighted by Crippen LogP contribution is 2.38. The second-order valence-electron chi connectivity index (χ2n) is 9.53. The highest BCUT2D eigenvalue weighted by atomic mass is 35.5. The number of carbonyl (C=O) groups is 1. The highest BCUT2D eigenvalue weighted by Gasteiger charge is 2.34. The third-order valence-corrected chi connectivity index (χ3v) is 7.03. The molecule has 0 spiro atoms. The number of methoxy groups -OCH3 is 1. The van der Waals surface area contributed by atoms with Crippen molar-refractivity contribution in [2.75, 3.05) is 20.3 Å². The third kappa shape index (κ3) is 6.70. The SMILES string of the molecule is COc1cc(CN(CC2CC2)C(c2ccc(Cl)cc2)C(C)C(=O)O)ccc1OCCn1c(O)ccc1O. The van der Waals surface area contributed by atoms with Crippen molar-refractivity contribution in [1.29, 1.82) is 0 Å². The van der Waals surface area contributed by atoms with Crippen molar-refractivity contribution in [1.82, 2.24) is 9.47 Å². The molecular weight excluding hydrogens is 496 g/mol. The summed E-state index contributed by atoms with van der Waals surface area (Å²) in [5.74, 6) is 0.114. The summed E-state index contributed by atoms with van der Waals surface area (Å²) in [7, 11) is 1.57. The minimum absolute atomic E-state index is 0.0370. The normalized spacial score (nSPS) is 14.9. The van der Waals surface area contributed by atoms with Gasteiger partial charge >= 0.3 is 5.97 Å². The topological polar surface area (TPSA) is 104 Å². The molecule has 2 atom stereocenters. The second kappa shape index (κ2) is 11.8. The number of hydrogen-bond acceptors (Lipinski definition) is 6. The van der Waals surface area contributed by atoms with Crippen LogP contribution >= 0.6 is 11.6 Å². The first-order valence-electron chi connectivity index (χ1n) is 12.4. The van der Waals surface area contributed by atoms with E-state index in [0.29, 0.717) is 29.0 Å². The number of aromatic hydroxyl groups is 2. The molecule has 3 aromatic rings. The smallest absolute Gasteiger partial charge is 0.308 e. The summed E-state index contributed by atoms with van der Waals surface area (Å²) >= 11 is 6.11. The summed E-state index contributed by atoms with van der Waals surface area (Å²) in [4.78, 5) is 14.3. The Balaban J connectivity index is 1.53. The van der Waals surface area contributed by atoms with Crippen LogP contribution in [-0.4, -0.2) is 51.0 Å². The Hall–Kier alpha value is -3.36. The number of carboxylic acids is 1. The summed E-state index contributed by atoms with van der Waals surface area (Å²) in [5, 5.41) is 30.1. The van der Waals surface area contributed by atoms with Gasteiger partial charge in [-0.05, 0) is 54.2 Å². The van der Waals surface area contributed by atoms with Gasteiger partial charge in [0, 0.05) is 36.3 Å². The van der Waals surface area contributed by atoms with Gasteiger partial charge in [-0.15, -0.1) is 0 Å². The predicted octanol–water partition coefficient (Wildman–Crippen LogP) is 5.31. The number of benzene rings is 2. The number of rotatable bonds is 13. The Kier molecular flexibility index (Phi) is 8.51. The van der Waals surface area contributed by atoms with Crippen LogP contribution in [0.1, 0.15) is 36.9 Å². The third-order valence-electron chi connectivity index (χ3n) is 6.78. The van der Waals surface area contributed by atoms with Gasteiger partial charge in [-0.2, -0.15) is 0 Å². The lowest BCUT2D eigenvalue weighted by Gasteiger charge is -2.35. The first kappa shape index (κ1) is 26.7. The van der Waals surface area contributed by atoms with Crippen LogP contribution in [0.5, 0.6) is 23.3 Å². The Morgan fingerprint density at radius 1 is 1.08 bits per heavy atom. The minimum atomic E-state index is -0.846. The molecule has 0 radical (unpaired) electrons. The molecule has 1 heterocycles. The van der Waals surface area contributed by atoms with Crippen molar-refractivity contribution in [2.45, 2.75) is 38.9 Å². The lowest BCUT2D eigenvalue weighted by molar-refractivity contribution is -0.143. The molecule has 0 amide bonds. The van der Waals surface area contributed by atoms with Crippen LogP contribution in [0, 0.1) is 11.8 Å². The van der Waals surface area contributed by atoms with Crippen molar-refractivity contribution in [3.05, 3.63) is 70.7 Å². The largest absolute Gasteiger partial charge is 0.494 e. The zero-order chi connectivity index (χ0) is 26.5. The van der Waals surface area contributed by atoms with Crippen LogP contribution in [0.25, 0.3) is 0 Å². The Bertz CT molecular complexity index is 1190. The number of hydrogen-bond donors (Lipinski definition) is 3. The number of carboxylic acid groups (broad SMARTS) is 1. The average molecular weight is 529 g/mol. The Morgan fingerprint density at radius 2 is 1.76 bits per heavy atom. The van der Waals surface area contributed by atoms with Crippen LogP contribution in [0.3, 0.4) is 0 Å². The number of aliphatic carboxylic acids is 1. The van der Waals surface area contributed by atoms with Gasteiger partial charge in [0.25, 0.3) is 0 Å². The predicted molar refractivity (Wildman–Crippen MR) is 140 cm³/mol. The molecule has 1 aromatic heterocycles. The van der Waals surface area contributed by atoms with E-state index in [-0.39, 0.29) is 31.0 Å². The zero-order valence-electron chi connectivity index (χ0n) is 21.0. The number of nitrogens with zero attached hydrogens (tertiary/aromatic N) is 2. The molecule has 1 aliphatic rings. The number of halogens is 1. The molecule has 0 aliphatic heterocycles. The van der Waals surface area contributed by atoms with Crippen molar-refractivity contribution in [3.63, 3.8) is 0 Å². The molecule has 4 rings (SSSR count). The van der Waals surface area contributed by atoms with Crippen molar-refractivity contribution in [3.8, 4) is 23.3 Å². The van der Waals surface area contributed by atoms with Crippen LogP contribution in [-0.2, 0) is 17.9 Å². The maximum absolute atomic E-state index is 12.1. The summed E-state index contributed by atoms with van der Waals surface area (Å²) in [6.07, 6.45) is 2.29. The molecule has 1 aliphatic carbocycles. The lowest BCUT2D eigenvalue weighted by atomic mass is 9.92. The van der Waals surface area contributed by atoms with Crippen LogP contribution in [0.15, 0.2) is 54.6 Å². The molecule has 198 valence electrons. The van der Waals surface area contributed by atoms with Crippen molar-refractivity contribution in [2.24, 2.45) is 11.8 Å². The van der Waals surface area contributed by atoms with E-state index in [1.807, 2.05) is 30.3 Å². The molecule has 8 nitrogen and oxygen atoms in total. The van der Waals surface area contributed by atoms with Gasteiger partial charge in [-0.3, -0.25) is 14.3 Å².